The molecule has 3 aromatic carbocycles. The van der Waals surface area contributed by atoms with Crippen LogP contribution in [0.2, 0.25) is 0 Å². The van der Waals surface area contributed by atoms with Gasteiger partial charge in [-0.05, 0) is 29.7 Å². The third kappa shape index (κ3) is 4.41. The maximum Gasteiger partial charge on any atom is 0.255 e. The molecule has 176 valence electrons. The topological polar surface area (TPSA) is 77.1 Å². The second-order valence-corrected chi connectivity index (χ2v) is 7.94. The van der Waals surface area contributed by atoms with Gasteiger partial charge in [0, 0.05) is 24.2 Å². The van der Waals surface area contributed by atoms with Gasteiger partial charge >= 0.3 is 0 Å². The molecule has 34 heavy (non-hydrogen) atoms. The van der Waals surface area contributed by atoms with Crippen LogP contribution in [0.1, 0.15) is 33.1 Å². The van der Waals surface area contributed by atoms with Crippen molar-refractivity contribution in [1.29, 1.82) is 0 Å². The molecule has 0 aliphatic carbocycles. The van der Waals surface area contributed by atoms with Gasteiger partial charge in [0.25, 0.3) is 5.91 Å². The Morgan fingerprint density at radius 2 is 1.62 bits per heavy atom. The zero-order valence-corrected chi connectivity index (χ0v) is 19.5. The number of amides is 2. The fourth-order valence-electron chi connectivity index (χ4n) is 4.37. The van der Waals surface area contributed by atoms with E-state index in [-0.39, 0.29) is 11.8 Å². The van der Waals surface area contributed by atoms with Gasteiger partial charge in [-0.3, -0.25) is 9.59 Å². The Morgan fingerprint density at radius 3 is 2.29 bits per heavy atom. The molecule has 1 aliphatic heterocycles. The van der Waals surface area contributed by atoms with Crippen molar-refractivity contribution in [3.8, 4) is 17.2 Å². The fourth-order valence-corrected chi connectivity index (χ4v) is 4.37. The lowest BCUT2D eigenvalue weighted by atomic mass is 10.0. The predicted molar refractivity (Wildman–Crippen MR) is 128 cm³/mol. The summed E-state index contributed by atoms with van der Waals surface area (Å²) in [5.74, 6) is 1.29. The van der Waals surface area contributed by atoms with E-state index in [9.17, 15) is 9.59 Å². The fraction of sp³-hybridized carbons (Fsp3) is 0.259. The van der Waals surface area contributed by atoms with Crippen LogP contribution in [-0.4, -0.2) is 44.6 Å². The number of carbonyl (C=O) groups is 2. The number of nitrogens with one attached hydrogen (secondary N) is 1. The molecule has 7 heteroatoms. The predicted octanol–water partition coefficient (Wildman–Crippen LogP) is 3.77. The first-order valence-electron chi connectivity index (χ1n) is 11.1. The lowest BCUT2D eigenvalue weighted by Gasteiger charge is -2.27. The molecular formula is C27H28N2O5. The first-order chi connectivity index (χ1) is 16.6. The lowest BCUT2D eigenvalue weighted by Crippen LogP contribution is -2.41. The van der Waals surface area contributed by atoms with Gasteiger partial charge < -0.3 is 24.4 Å². The standard InChI is InChI=1S/C27H28N2O5/c1-32-22-14-13-19(24(33-2)25(22)34-3)15-16-28-26(30)23(18-9-5-4-6-10-18)29-17-20-11-7-8-12-21(20)27(29)31/h4-14,23H,15-17H2,1-3H3,(H,28,30)/t23-/m0/s1. The summed E-state index contributed by atoms with van der Waals surface area (Å²) in [6.07, 6.45) is 0.519. The number of nitrogens with zero attached hydrogens (tertiary/aromatic N) is 1. The molecule has 0 saturated carbocycles. The zero-order chi connectivity index (χ0) is 24.1. The molecule has 0 radical (unpaired) electrons. The first kappa shape index (κ1) is 23.2. The Labute approximate surface area is 199 Å². The van der Waals surface area contributed by atoms with E-state index in [1.807, 2.05) is 60.7 Å². The van der Waals surface area contributed by atoms with Crippen LogP contribution in [0.15, 0.2) is 66.7 Å². The maximum absolute atomic E-state index is 13.4. The van der Waals surface area contributed by atoms with E-state index >= 15 is 0 Å². The molecule has 1 atom stereocenters. The number of fused-ring (bicyclic) bond motifs is 1. The normalized spacial score (nSPS) is 13.3. The summed E-state index contributed by atoms with van der Waals surface area (Å²) in [6, 6.07) is 19.8. The van der Waals surface area contributed by atoms with E-state index in [1.54, 1.807) is 32.3 Å². The van der Waals surface area contributed by atoms with Crippen LogP contribution in [0.25, 0.3) is 0 Å². The SMILES string of the molecule is COc1ccc(CCNC(=O)[C@H](c2ccccc2)N2Cc3ccccc3C2=O)c(OC)c1OC. The van der Waals surface area contributed by atoms with Gasteiger partial charge in [0.05, 0.1) is 21.3 Å². The van der Waals surface area contributed by atoms with E-state index in [4.69, 9.17) is 14.2 Å². The third-order valence-corrected chi connectivity index (χ3v) is 6.00. The molecule has 0 unspecified atom stereocenters. The summed E-state index contributed by atoms with van der Waals surface area (Å²) in [5, 5.41) is 3.01. The Kier molecular flexibility index (Phi) is 7.01. The van der Waals surface area contributed by atoms with E-state index in [0.29, 0.717) is 42.3 Å². The van der Waals surface area contributed by atoms with Gasteiger partial charge in [-0.25, -0.2) is 0 Å². The van der Waals surface area contributed by atoms with Crippen LogP contribution in [0.3, 0.4) is 0 Å². The van der Waals surface area contributed by atoms with Crippen LogP contribution in [0.4, 0.5) is 0 Å². The average molecular weight is 461 g/mol. The molecule has 1 N–H and O–H groups in total. The van der Waals surface area contributed by atoms with Gasteiger partial charge in [0.1, 0.15) is 6.04 Å². The third-order valence-electron chi connectivity index (χ3n) is 6.00. The second kappa shape index (κ2) is 10.3. The van der Waals surface area contributed by atoms with Crippen LogP contribution in [0.5, 0.6) is 17.2 Å². The maximum atomic E-state index is 13.4. The molecule has 0 bridgehead atoms. The van der Waals surface area contributed by atoms with E-state index in [0.717, 1.165) is 16.7 Å². The Bertz CT molecular complexity index is 1180. The van der Waals surface area contributed by atoms with E-state index < -0.39 is 6.04 Å². The number of benzene rings is 3. The number of hydrogen-bond acceptors (Lipinski definition) is 5. The quantitative estimate of drug-likeness (QED) is 0.526. The number of carbonyl (C=O) groups excluding carboxylic acids is 2. The highest BCUT2D eigenvalue weighted by Gasteiger charge is 2.37. The minimum atomic E-state index is -0.728. The zero-order valence-electron chi connectivity index (χ0n) is 19.5. The molecule has 0 saturated heterocycles. The van der Waals surface area contributed by atoms with E-state index in [2.05, 4.69) is 5.32 Å². The number of rotatable bonds is 9. The summed E-state index contributed by atoms with van der Waals surface area (Å²) >= 11 is 0. The molecule has 4 rings (SSSR count). The van der Waals surface area contributed by atoms with Crippen LogP contribution in [-0.2, 0) is 17.8 Å². The first-order valence-corrected chi connectivity index (χ1v) is 11.1. The molecule has 7 nitrogen and oxygen atoms in total. The molecule has 0 aromatic heterocycles. The molecular weight excluding hydrogens is 432 g/mol. The van der Waals surface area contributed by atoms with Crippen molar-refractivity contribution in [3.63, 3.8) is 0 Å². The molecule has 2 amide bonds. The van der Waals surface area contributed by atoms with Crippen molar-refractivity contribution in [3.05, 3.63) is 89.0 Å². The second-order valence-electron chi connectivity index (χ2n) is 7.94. The summed E-state index contributed by atoms with van der Waals surface area (Å²) in [7, 11) is 4.70. The van der Waals surface area contributed by atoms with E-state index in [1.165, 1.54) is 0 Å². The Balaban J connectivity index is 1.53. The van der Waals surface area contributed by atoms with Crippen molar-refractivity contribution < 1.29 is 23.8 Å². The van der Waals surface area contributed by atoms with Gasteiger partial charge in [0.2, 0.25) is 11.7 Å². The number of methoxy groups -OCH3 is 3. The summed E-state index contributed by atoms with van der Waals surface area (Å²) < 4.78 is 16.3. The minimum Gasteiger partial charge on any atom is -0.493 e. The van der Waals surface area contributed by atoms with Crippen molar-refractivity contribution in [1.82, 2.24) is 10.2 Å². The molecule has 3 aromatic rings. The molecule has 0 spiro atoms. The van der Waals surface area contributed by atoms with Gasteiger partial charge in [-0.2, -0.15) is 0 Å². The molecule has 1 aliphatic rings. The highest BCUT2D eigenvalue weighted by Crippen LogP contribution is 2.40. The average Bonchev–Trinajstić information content (AvgIpc) is 3.20. The largest absolute Gasteiger partial charge is 0.493 e. The van der Waals surface area contributed by atoms with Crippen LogP contribution < -0.4 is 19.5 Å². The summed E-state index contributed by atoms with van der Waals surface area (Å²) in [5.41, 5.74) is 3.22. The Hall–Kier alpha value is -4.00. The van der Waals surface area contributed by atoms with Crippen LogP contribution >= 0.6 is 0 Å². The minimum absolute atomic E-state index is 0.138. The van der Waals surface area contributed by atoms with Crippen molar-refractivity contribution in [2.45, 2.75) is 19.0 Å². The van der Waals surface area contributed by atoms with Gasteiger partial charge in [-0.1, -0.05) is 54.6 Å². The van der Waals surface area contributed by atoms with Gasteiger partial charge in [0.15, 0.2) is 11.5 Å². The lowest BCUT2D eigenvalue weighted by molar-refractivity contribution is -0.125. The molecule has 0 fully saturated rings. The van der Waals surface area contributed by atoms with Crippen molar-refractivity contribution >= 4 is 11.8 Å². The summed E-state index contributed by atoms with van der Waals surface area (Å²) in [4.78, 5) is 28.2. The van der Waals surface area contributed by atoms with Crippen LogP contribution in [0, 0.1) is 0 Å². The van der Waals surface area contributed by atoms with Crippen molar-refractivity contribution in [2.75, 3.05) is 27.9 Å². The summed E-state index contributed by atoms with van der Waals surface area (Å²) in [6.45, 7) is 0.758. The highest BCUT2D eigenvalue weighted by molar-refractivity contribution is 6.01. The van der Waals surface area contributed by atoms with Gasteiger partial charge in [-0.15, -0.1) is 0 Å². The monoisotopic (exact) mass is 460 g/mol. The number of hydrogen-bond donors (Lipinski definition) is 1. The smallest absolute Gasteiger partial charge is 0.255 e. The Morgan fingerprint density at radius 1 is 0.912 bits per heavy atom. The highest BCUT2D eigenvalue weighted by atomic mass is 16.5. The van der Waals surface area contributed by atoms with Crippen molar-refractivity contribution in [2.24, 2.45) is 0 Å². The molecule has 1 heterocycles. The number of ether oxygens (including phenoxy) is 3.